The Bertz CT molecular complexity index is 1520. The number of fused-ring (bicyclic) bond motifs is 3. The summed E-state index contributed by atoms with van der Waals surface area (Å²) in [6.45, 7) is -0.330. The molecule has 5 rings (SSSR count). The number of nitrogens with zero attached hydrogens (tertiary/aromatic N) is 5. The van der Waals surface area contributed by atoms with Crippen molar-refractivity contribution in [3.63, 3.8) is 0 Å². The van der Waals surface area contributed by atoms with Gasteiger partial charge in [0.25, 0.3) is 5.91 Å². The van der Waals surface area contributed by atoms with Crippen molar-refractivity contribution in [1.29, 1.82) is 0 Å². The van der Waals surface area contributed by atoms with Gasteiger partial charge in [-0.3, -0.25) is 14.3 Å². The van der Waals surface area contributed by atoms with E-state index in [4.69, 9.17) is 0 Å². The van der Waals surface area contributed by atoms with Crippen LogP contribution in [0.25, 0.3) is 27.8 Å². The first-order valence-corrected chi connectivity index (χ1v) is 10.6. The zero-order valence-electron chi connectivity index (χ0n) is 18.4. The lowest BCUT2D eigenvalue weighted by Crippen LogP contribution is -2.31. The first kappa shape index (κ1) is 22.5. The summed E-state index contributed by atoms with van der Waals surface area (Å²) in [4.78, 5) is 18.5. The third-order valence-corrected chi connectivity index (χ3v) is 5.65. The van der Waals surface area contributed by atoms with Crippen LogP contribution in [0.4, 0.5) is 13.2 Å². The molecule has 8 nitrogen and oxygen atoms in total. The van der Waals surface area contributed by atoms with E-state index in [1.54, 1.807) is 54.2 Å². The number of alkyl halides is 3. The fourth-order valence-corrected chi connectivity index (χ4v) is 3.99. The molecule has 1 atom stereocenters. The van der Waals surface area contributed by atoms with Gasteiger partial charge in [0.15, 0.2) is 5.65 Å². The van der Waals surface area contributed by atoms with Crippen LogP contribution < -0.4 is 5.32 Å². The molecule has 2 aromatic carbocycles. The summed E-state index contributed by atoms with van der Waals surface area (Å²) >= 11 is 0. The van der Waals surface area contributed by atoms with E-state index in [1.165, 1.54) is 16.9 Å². The first-order valence-electron chi connectivity index (χ1n) is 10.6. The zero-order chi connectivity index (χ0) is 24.7. The Morgan fingerprint density at radius 1 is 1.09 bits per heavy atom. The van der Waals surface area contributed by atoms with Gasteiger partial charge in [-0.2, -0.15) is 23.1 Å². The van der Waals surface area contributed by atoms with Gasteiger partial charge in [0.05, 0.1) is 29.4 Å². The highest BCUT2D eigenvalue weighted by atomic mass is 19.4. The number of pyridine rings is 1. The van der Waals surface area contributed by atoms with Crippen LogP contribution >= 0.6 is 0 Å². The SMILES string of the molecule is Cn1nc2c3cc(C(=O)N[C@H](CO)c4ccccn4)ccc3n(-c3ccc(C(F)(F)F)cc3)c2n1. The van der Waals surface area contributed by atoms with Crippen molar-refractivity contribution in [2.45, 2.75) is 12.2 Å². The molecule has 0 aliphatic carbocycles. The Hall–Kier alpha value is -4.25. The molecule has 35 heavy (non-hydrogen) atoms. The summed E-state index contributed by atoms with van der Waals surface area (Å²) in [6, 6.07) is 14.2. The van der Waals surface area contributed by atoms with E-state index in [2.05, 4.69) is 20.5 Å². The number of nitrogens with one attached hydrogen (secondary N) is 1. The lowest BCUT2D eigenvalue weighted by Gasteiger charge is -2.16. The van der Waals surface area contributed by atoms with Crippen LogP contribution in [0.3, 0.4) is 0 Å². The zero-order valence-corrected chi connectivity index (χ0v) is 18.4. The number of carbonyl (C=O) groups is 1. The number of aromatic nitrogens is 5. The van der Waals surface area contributed by atoms with E-state index in [1.807, 2.05) is 0 Å². The molecular weight excluding hydrogens is 461 g/mol. The maximum absolute atomic E-state index is 13.0. The quantitative estimate of drug-likeness (QED) is 0.399. The molecule has 0 spiro atoms. The molecule has 0 bridgehead atoms. The van der Waals surface area contributed by atoms with E-state index in [0.717, 1.165) is 12.1 Å². The third kappa shape index (κ3) is 4.10. The Morgan fingerprint density at radius 2 is 1.86 bits per heavy atom. The number of aryl methyl sites for hydroxylation is 1. The molecule has 2 N–H and O–H groups in total. The van der Waals surface area contributed by atoms with E-state index in [9.17, 15) is 23.1 Å². The Balaban J connectivity index is 1.56. The molecule has 0 fully saturated rings. The number of benzene rings is 2. The fraction of sp³-hybridized carbons (Fsp3) is 0.167. The highest BCUT2D eigenvalue weighted by Gasteiger charge is 2.30. The van der Waals surface area contributed by atoms with Crippen molar-refractivity contribution in [3.05, 3.63) is 83.7 Å². The number of hydrogen-bond donors (Lipinski definition) is 2. The predicted molar refractivity (Wildman–Crippen MR) is 122 cm³/mol. The third-order valence-electron chi connectivity index (χ3n) is 5.65. The molecule has 1 amide bonds. The van der Waals surface area contributed by atoms with Gasteiger partial charge < -0.3 is 10.4 Å². The number of aliphatic hydroxyl groups excluding tert-OH is 1. The molecule has 0 saturated heterocycles. The second-order valence-corrected chi connectivity index (χ2v) is 7.94. The molecule has 11 heteroatoms. The van der Waals surface area contributed by atoms with Crippen LogP contribution in [0, 0.1) is 0 Å². The minimum Gasteiger partial charge on any atom is -0.394 e. The summed E-state index contributed by atoms with van der Waals surface area (Å²) in [5, 5.41) is 21.9. The molecule has 3 aromatic heterocycles. The van der Waals surface area contributed by atoms with Crippen LogP contribution in [0.15, 0.2) is 66.9 Å². The normalized spacial score (nSPS) is 12.8. The van der Waals surface area contributed by atoms with Gasteiger partial charge >= 0.3 is 6.18 Å². The average Bonchev–Trinajstić information content (AvgIpc) is 3.36. The smallest absolute Gasteiger partial charge is 0.394 e. The van der Waals surface area contributed by atoms with Gasteiger partial charge in [0.1, 0.15) is 5.52 Å². The molecule has 0 aliphatic rings. The number of carbonyl (C=O) groups excluding carboxylic acids is 1. The number of hydrogen-bond acceptors (Lipinski definition) is 5. The maximum Gasteiger partial charge on any atom is 0.416 e. The van der Waals surface area contributed by atoms with Gasteiger partial charge in [-0.05, 0) is 54.6 Å². The largest absolute Gasteiger partial charge is 0.416 e. The van der Waals surface area contributed by atoms with Crippen molar-refractivity contribution in [1.82, 2.24) is 29.9 Å². The Morgan fingerprint density at radius 3 is 2.51 bits per heavy atom. The van der Waals surface area contributed by atoms with Gasteiger partial charge in [-0.15, -0.1) is 5.10 Å². The first-order chi connectivity index (χ1) is 16.8. The molecule has 5 aromatic rings. The van der Waals surface area contributed by atoms with E-state index >= 15 is 0 Å². The van der Waals surface area contributed by atoms with Gasteiger partial charge in [-0.1, -0.05) is 6.07 Å². The molecular formula is C24H19F3N6O2. The summed E-state index contributed by atoms with van der Waals surface area (Å²) in [5.74, 6) is -0.420. The second kappa shape index (κ2) is 8.51. The predicted octanol–water partition coefficient (Wildman–Crippen LogP) is 3.79. The minimum absolute atomic E-state index is 0.323. The number of halogens is 3. The Kier molecular flexibility index (Phi) is 5.48. The summed E-state index contributed by atoms with van der Waals surface area (Å²) in [7, 11) is 1.64. The summed E-state index contributed by atoms with van der Waals surface area (Å²) in [6.07, 6.45) is -2.87. The van der Waals surface area contributed by atoms with Crippen molar-refractivity contribution < 1.29 is 23.1 Å². The molecule has 0 aliphatic heterocycles. The van der Waals surface area contributed by atoms with Crippen LogP contribution in [0.1, 0.15) is 27.7 Å². The molecule has 0 radical (unpaired) electrons. The standard InChI is InChI=1S/C24H19F3N6O2/c1-32-30-21-17-12-14(23(35)29-19(13-34)18-4-2-3-11-28-18)5-10-20(17)33(22(21)31-32)16-8-6-15(7-9-16)24(25,26)27/h2-12,19,34H,13H2,1H3,(H,29,35)/t19-/m1/s1. The number of rotatable bonds is 5. The molecule has 178 valence electrons. The summed E-state index contributed by atoms with van der Waals surface area (Å²) < 4.78 is 40.8. The second-order valence-electron chi connectivity index (χ2n) is 7.94. The topological polar surface area (TPSA) is 97.9 Å². The van der Waals surface area contributed by atoms with Gasteiger partial charge in [0.2, 0.25) is 0 Å². The molecule has 3 heterocycles. The maximum atomic E-state index is 13.0. The highest BCUT2D eigenvalue weighted by Crippen LogP contribution is 2.33. The van der Waals surface area contributed by atoms with Crippen LogP contribution in [0.2, 0.25) is 0 Å². The minimum atomic E-state index is -4.44. The average molecular weight is 480 g/mol. The number of amides is 1. The van der Waals surface area contributed by atoms with E-state index in [0.29, 0.717) is 39.0 Å². The van der Waals surface area contributed by atoms with Crippen LogP contribution in [0.5, 0.6) is 0 Å². The molecule has 0 unspecified atom stereocenters. The summed E-state index contributed by atoms with van der Waals surface area (Å²) in [5.41, 5.74) is 2.15. The lowest BCUT2D eigenvalue weighted by atomic mass is 10.1. The molecule has 0 saturated carbocycles. The van der Waals surface area contributed by atoms with Crippen molar-refractivity contribution >= 4 is 28.0 Å². The van der Waals surface area contributed by atoms with E-state index in [-0.39, 0.29) is 6.61 Å². The number of aliphatic hydroxyl groups is 1. The van der Waals surface area contributed by atoms with Gasteiger partial charge in [-0.25, -0.2) is 0 Å². The van der Waals surface area contributed by atoms with Crippen molar-refractivity contribution in [2.75, 3.05) is 6.61 Å². The lowest BCUT2D eigenvalue weighted by molar-refractivity contribution is -0.137. The fourth-order valence-electron chi connectivity index (χ4n) is 3.99. The Labute approximate surface area is 196 Å². The highest BCUT2D eigenvalue weighted by molar-refractivity contribution is 6.08. The van der Waals surface area contributed by atoms with Crippen molar-refractivity contribution in [2.24, 2.45) is 7.05 Å². The van der Waals surface area contributed by atoms with E-state index < -0.39 is 23.7 Å². The monoisotopic (exact) mass is 480 g/mol. The van der Waals surface area contributed by atoms with Gasteiger partial charge in [0, 0.05) is 29.9 Å². The van der Waals surface area contributed by atoms with Crippen LogP contribution in [-0.4, -0.2) is 42.2 Å². The van der Waals surface area contributed by atoms with Crippen LogP contribution in [-0.2, 0) is 13.2 Å². The van der Waals surface area contributed by atoms with Crippen molar-refractivity contribution in [3.8, 4) is 5.69 Å².